The van der Waals surface area contributed by atoms with E-state index in [9.17, 15) is 0 Å². The minimum absolute atomic E-state index is 0. The second kappa shape index (κ2) is 21700. The zero-order valence-corrected chi connectivity index (χ0v) is 4.95. The average Bonchev–Trinajstić information content (AvgIpc) is 1.50. The fourth-order valence-electron chi connectivity index (χ4n) is 0. The number of rotatable bonds is 0. The third-order valence-corrected chi connectivity index (χ3v) is 0. The highest BCUT2D eigenvalue weighted by molar-refractivity contribution is 8.93. The lowest BCUT2D eigenvalue weighted by Crippen LogP contribution is -0.552. The SMILES string of the molecule is Br.C=C.C=C. The molecule has 0 heterocycles. The molecule has 5 heavy (non-hydrogen) atoms. The van der Waals surface area contributed by atoms with Gasteiger partial charge in [0.1, 0.15) is 0 Å². The van der Waals surface area contributed by atoms with Gasteiger partial charge in [-0.3, -0.25) is 0 Å². The Bertz CT molecular complexity index is 5.61. The molecule has 0 rings (SSSR count). The first-order valence-electron chi connectivity index (χ1n) is 1.000. The maximum absolute atomic E-state index is 3.00. The molecule has 0 aliphatic rings. The van der Waals surface area contributed by atoms with Crippen molar-refractivity contribution in [1.29, 1.82) is 0 Å². The topological polar surface area (TPSA) is 0 Å². The van der Waals surface area contributed by atoms with Crippen molar-refractivity contribution in [3.8, 4) is 0 Å². The van der Waals surface area contributed by atoms with Gasteiger partial charge in [0.2, 0.25) is 0 Å². The van der Waals surface area contributed by atoms with Gasteiger partial charge in [0, 0.05) is 0 Å². The van der Waals surface area contributed by atoms with Crippen molar-refractivity contribution in [2.45, 2.75) is 0 Å². The molecule has 0 N–H and O–H groups in total. The van der Waals surface area contributed by atoms with Crippen LogP contribution in [-0.2, 0) is 0 Å². The summed E-state index contributed by atoms with van der Waals surface area (Å²) in [5.41, 5.74) is 0. The van der Waals surface area contributed by atoms with Crippen molar-refractivity contribution < 1.29 is 0 Å². The fraction of sp³-hybridized carbons (Fsp3) is 0. The van der Waals surface area contributed by atoms with Gasteiger partial charge in [0.05, 0.1) is 0 Å². The molecular formula is C4H9Br. The summed E-state index contributed by atoms with van der Waals surface area (Å²) in [7, 11) is 0. The van der Waals surface area contributed by atoms with E-state index in [0.717, 1.165) is 0 Å². The van der Waals surface area contributed by atoms with Crippen LogP contribution in [0.2, 0.25) is 0 Å². The van der Waals surface area contributed by atoms with Crippen LogP contribution < -0.4 is 0 Å². The van der Waals surface area contributed by atoms with E-state index in [-0.39, 0.29) is 17.0 Å². The first kappa shape index (κ1) is 20.2. The predicted octanol–water partition coefficient (Wildman–Crippen LogP) is 2.18. The standard InChI is InChI=1S/2C2H4.BrH/c2*1-2;/h2*1-2H2;1H. The molecule has 0 aliphatic carbocycles. The lowest BCUT2D eigenvalue weighted by molar-refractivity contribution is 2.81. The summed E-state index contributed by atoms with van der Waals surface area (Å²) in [6.45, 7) is 12.0. The minimum Gasteiger partial charge on any atom is -0.114 e. The van der Waals surface area contributed by atoms with Gasteiger partial charge in [-0.15, -0.1) is 43.3 Å². The average molecular weight is 137 g/mol. The van der Waals surface area contributed by atoms with Crippen LogP contribution in [0.5, 0.6) is 0 Å². The lowest BCUT2D eigenvalue weighted by atomic mass is 11.3. The summed E-state index contributed by atoms with van der Waals surface area (Å²) in [5.74, 6) is 0. The summed E-state index contributed by atoms with van der Waals surface area (Å²) in [5, 5.41) is 0. The van der Waals surface area contributed by atoms with E-state index >= 15 is 0 Å². The zero-order valence-electron chi connectivity index (χ0n) is 3.24. The van der Waals surface area contributed by atoms with Gasteiger partial charge in [-0.05, 0) is 0 Å². The van der Waals surface area contributed by atoms with Crippen molar-refractivity contribution in [3.63, 3.8) is 0 Å². The summed E-state index contributed by atoms with van der Waals surface area (Å²) in [4.78, 5) is 0. The molecule has 0 fully saturated rings. The number of hydrogen-bond acceptors (Lipinski definition) is 0. The number of hydrogen-bond donors (Lipinski definition) is 0. The van der Waals surface area contributed by atoms with Gasteiger partial charge >= 0.3 is 0 Å². The Labute approximate surface area is 44.0 Å². The van der Waals surface area contributed by atoms with Crippen LogP contribution in [0.4, 0.5) is 0 Å². The third kappa shape index (κ3) is 9510. The molecule has 0 unspecified atom stereocenters. The Morgan fingerprint density at radius 2 is 0.600 bits per heavy atom. The largest absolute Gasteiger partial charge is 0.114 e. The molecule has 0 atom stereocenters. The summed E-state index contributed by atoms with van der Waals surface area (Å²) < 4.78 is 0. The van der Waals surface area contributed by atoms with E-state index in [1.165, 1.54) is 0 Å². The van der Waals surface area contributed by atoms with E-state index in [4.69, 9.17) is 0 Å². The van der Waals surface area contributed by atoms with Crippen LogP contribution in [0.3, 0.4) is 0 Å². The second-order valence-electron chi connectivity index (χ2n) is 0. The summed E-state index contributed by atoms with van der Waals surface area (Å²) in [6.07, 6.45) is 0. The molecule has 0 aromatic heterocycles. The van der Waals surface area contributed by atoms with Crippen molar-refractivity contribution >= 4 is 17.0 Å². The monoisotopic (exact) mass is 136 g/mol. The molecule has 0 saturated heterocycles. The van der Waals surface area contributed by atoms with E-state index in [0.29, 0.717) is 0 Å². The molecule has 0 nitrogen and oxygen atoms in total. The van der Waals surface area contributed by atoms with Crippen LogP contribution >= 0.6 is 17.0 Å². The molecular weight excluding hydrogens is 128 g/mol. The minimum atomic E-state index is 0. The molecule has 0 bridgehead atoms. The van der Waals surface area contributed by atoms with E-state index in [1.54, 1.807) is 0 Å². The van der Waals surface area contributed by atoms with Gasteiger partial charge in [0.15, 0.2) is 0 Å². The van der Waals surface area contributed by atoms with Crippen molar-refractivity contribution in [3.05, 3.63) is 26.3 Å². The summed E-state index contributed by atoms with van der Waals surface area (Å²) >= 11 is 0. The quantitative estimate of drug-likeness (QED) is 0.449. The van der Waals surface area contributed by atoms with Crippen LogP contribution in [0.25, 0.3) is 0 Å². The Morgan fingerprint density at radius 3 is 0.600 bits per heavy atom. The van der Waals surface area contributed by atoms with E-state index in [2.05, 4.69) is 26.3 Å². The fourth-order valence-corrected chi connectivity index (χ4v) is 0. The van der Waals surface area contributed by atoms with Crippen molar-refractivity contribution in [2.75, 3.05) is 0 Å². The maximum atomic E-state index is 3.00. The maximum Gasteiger partial charge on any atom is -0.106 e. The lowest BCUT2D eigenvalue weighted by Gasteiger charge is -0.813. The van der Waals surface area contributed by atoms with Crippen molar-refractivity contribution in [1.82, 2.24) is 0 Å². The van der Waals surface area contributed by atoms with Gasteiger partial charge < -0.3 is 0 Å². The first-order chi connectivity index (χ1) is 2.00. The zero-order chi connectivity index (χ0) is 4.00. The highest BCUT2D eigenvalue weighted by Crippen LogP contribution is 0.864. The first-order valence-corrected chi connectivity index (χ1v) is 1.000. The molecule has 0 aromatic carbocycles. The second-order valence-corrected chi connectivity index (χ2v) is 0. The van der Waals surface area contributed by atoms with Gasteiger partial charge in [-0.1, -0.05) is 0 Å². The molecule has 0 amide bonds. The summed E-state index contributed by atoms with van der Waals surface area (Å²) in [6, 6.07) is 0. The van der Waals surface area contributed by atoms with Crippen LogP contribution in [0.15, 0.2) is 26.3 Å². The third-order valence-electron chi connectivity index (χ3n) is 0. The van der Waals surface area contributed by atoms with E-state index < -0.39 is 0 Å². The molecule has 32 valence electrons. The van der Waals surface area contributed by atoms with E-state index in [1.807, 2.05) is 0 Å². The van der Waals surface area contributed by atoms with Gasteiger partial charge in [0.25, 0.3) is 0 Å². The Balaban J connectivity index is -0.0000000133. The predicted molar refractivity (Wildman–Crippen MR) is 32.8 cm³/mol. The molecule has 0 spiro atoms. The van der Waals surface area contributed by atoms with Crippen LogP contribution in [-0.4, -0.2) is 0 Å². The van der Waals surface area contributed by atoms with Crippen LogP contribution in [0, 0.1) is 0 Å². The van der Waals surface area contributed by atoms with Gasteiger partial charge in [-0.25, -0.2) is 0 Å². The molecule has 1 heteroatoms. The Kier molecular flexibility index (Phi) is 87800. The van der Waals surface area contributed by atoms with Crippen LogP contribution in [0.1, 0.15) is 0 Å². The van der Waals surface area contributed by atoms with Crippen molar-refractivity contribution in [2.24, 2.45) is 0 Å². The molecule has 0 aromatic rings. The smallest absolute Gasteiger partial charge is 0.106 e. The highest BCUT2D eigenvalue weighted by Gasteiger charge is 0.603. The normalized spacial score (nSPS) is 1.60. The molecule has 0 radical (unpaired) electrons. The molecule has 0 saturated carbocycles. The number of halogens is 1. The Hall–Kier alpha value is -0.0400. The van der Waals surface area contributed by atoms with Gasteiger partial charge in [-0.2, -0.15) is 0 Å². The molecule has 0 aliphatic heterocycles. The Morgan fingerprint density at radius 1 is 0.600 bits per heavy atom. The highest BCUT2D eigenvalue weighted by atomic mass is 79.9.